The molecular formula is C20H21ClN4OS. The van der Waals surface area contributed by atoms with Gasteiger partial charge in [-0.05, 0) is 48.2 Å². The summed E-state index contributed by atoms with van der Waals surface area (Å²) in [6.07, 6.45) is 3.35. The second-order valence-corrected chi connectivity index (χ2v) is 8.30. The molecule has 2 aromatic heterocycles. The Kier molecular flexibility index (Phi) is 5.29. The van der Waals surface area contributed by atoms with Crippen molar-refractivity contribution in [2.45, 2.75) is 13.5 Å². The first-order valence-corrected chi connectivity index (χ1v) is 10.2. The number of hydrogen-bond acceptors (Lipinski definition) is 4. The van der Waals surface area contributed by atoms with E-state index in [4.69, 9.17) is 11.6 Å². The van der Waals surface area contributed by atoms with Crippen LogP contribution in [0.4, 0.5) is 10.5 Å². The molecule has 1 aliphatic heterocycles. The summed E-state index contributed by atoms with van der Waals surface area (Å²) in [5.74, 6) is 0. The largest absolute Gasteiger partial charge is 0.322 e. The number of urea groups is 1. The Morgan fingerprint density at radius 1 is 1.26 bits per heavy atom. The van der Waals surface area contributed by atoms with Crippen LogP contribution in [0, 0.1) is 6.92 Å². The van der Waals surface area contributed by atoms with Crippen LogP contribution in [0.5, 0.6) is 0 Å². The lowest BCUT2D eigenvalue weighted by Gasteiger charge is -2.34. The number of carbonyl (C=O) groups excluding carboxylic acids is 1. The zero-order valence-corrected chi connectivity index (χ0v) is 16.7. The Bertz CT molecular complexity index is 951. The molecule has 5 nitrogen and oxygen atoms in total. The molecule has 1 aliphatic rings. The maximum atomic E-state index is 12.4. The molecule has 0 spiro atoms. The number of anilines is 1. The molecule has 3 heterocycles. The Morgan fingerprint density at radius 2 is 2.07 bits per heavy atom. The number of carbonyl (C=O) groups is 1. The van der Waals surface area contributed by atoms with Crippen molar-refractivity contribution >= 4 is 44.7 Å². The number of thiophene rings is 1. The second-order valence-electron chi connectivity index (χ2n) is 6.73. The van der Waals surface area contributed by atoms with Gasteiger partial charge in [-0.3, -0.25) is 9.88 Å². The van der Waals surface area contributed by atoms with Crippen LogP contribution < -0.4 is 5.32 Å². The van der Waals surface area contributed by atoms with Gasteiger partial charge in [-0.1, -0.05) is 11.6 Å². The minimum absolute atomic E-state index is 0.0599. The van der Waals surface area contributed by atoms with Crippen molar-refractivity contribution in [2.75, 3.05) is 31.5 Å². The van der Waals surface area contributed by atoms with Gasteiger partial charge in [-0.2, -0.15) is 0 Å². The number of piperazine rings is 1. The van der Waals surface area contributed by atoms with Gasteiger partial charge < -0.3 is 10.2 Å². The van der Waals surface area contributed by atoms with E-state index in [-0.39, 0.29) is 6.03 Å². The van der Waals surface area contributed by atoms with Crippen molar-refractivity contribution < 1.29 is 4.79 Å². The lowest BCUT2D eigenvalue weighted by molar-refractivity contribution is 0.143. The predicted octanol–water partition coefficient (Wildman–Crippen LogP) is 4.61. The standard InChI is InChI=1S/C20H21ClN4OS/c1-14-17-11-15(21)4-5-18(17)27-19(14)13-24-7-9-25(10-8-24)20(26)23-16-3-2-6-22-12-16/h2-6,11-12H,7-10,13H2,1H3,(H,23,26). The van der Waals surface area contributed by atoms with Gasteiger partial charge in [-0.15, -0.1) is 11.3 Å². The van der Waals surface area contributed by atoms with Crippen LogP contribution in [0.1, 0.15) is 10.4 Å². The van der Waals surface area contributed by atoms with E-state index in [1.165, 1.54) is 20.5 Å². The van der Waals surface area contributed by atoms with Crippen molar-refractivity contribution in [3.8, 4) is 0 Å². The summed E-state index contributed by atoms with van der Waals surface area (Å²) < 4.78 is 1.28. The number of nitrogens with one attached hydrogen (secondary N) is 1. The fourth-order valence-corrected chi connectivity index (χ4v) is 4.75. The number of pyridine rings is 1. The van der Waals surface area contributed by atoms with E-state index < -0.39 is 0 Å². The van der Waals surface area contributed by atoms with E-state index in [1.807, 2.05) is 40.5 Å². The fraction of sp³-hybridized carbons (Fsp3) is 0.300. The molecule has 1 N–H and O–H groups in total. The highest BCUT2D eigenvalue weighted by molar-refractivity contribution is 7.19. The first kappa shape index (κ1) is 18.2. The molecule has 1 fully saturated rings. The Balaban J connectivity index is 1.36. The molecule has 0 bridgehead atoms. The average Bonchev–Trinajstić information content (AvgIpc) is 2.98. The number of hydrogen-bond donors (Lipinski definition) is 1. The Morgan fingerprint density at radius 3 is 2.81 bits per heavy atom. The molecule has 7 heteroatoms. The van der Waals surface area contributed by atoms with Crippen LogP contribution in [0.25, 0.3) is 10.1 Å². The van der Waals surface area contributed by atoms with Crippen molar-refractivity contribution in [3.63, 3.8) is 0 Å². The maximum absolute atomic E-state index is 12.4. The average molecular weight is 401 g/mol. The van der Waals surface area contributed by atoms with Crippen LogP contribution in [-0.2, 0) is 6.54 Å². The quantitative estimate of drug-likeness (QED) is 0.698. The number of aromatic nitrogens is 1. The van der Waals surface area contributed by atoms with Crippen LogP contribution in [0.15, 0.2) is 42.7 Å². The zero-order valence-electron chi connectivity index (χ0n) is 15.1. The summed E-state index contributed by atoms with van der Waals surface area (Å²) >= 11 is 7.98. The molecule has 0 atom stereocenters. The second kappa shape index (κ2) is 7.84. The van der Waals surface area contributed by atoms with E-state index in [0.29, 0.717) is 0 Å². The van der Waals surface area contributed by atoms with Crippen molar-refractivity contribution in [2.24, 2.45) is 0 Å². The van der Waals surface area contributed by atoms with Gasteiger partial charge in [0.15, 0.2) is 0 Å². The first-order valence-electron chi connectivity index (χ1n) is 8.96. The zero-order chi connectivity index (χ0) is 18.8. The van der Waals surface area contributed by atoms with Gasteiger partial charge in [0.05, 0.1) is 11.9 Å². The SMILES string of the molecule is Cc1c(CN2CCN(C(=O)Nc3cccnc3)CC2)sc2ccc(Cl)cc12. The lowest BCUT2D eigenvalue weighted by atomic mass is 10.1. The first-order chi connectivity index (χ1) is 13.1. The minimum Gasteiger partial charge on any atom is -0.322 e. The molecule has 1 saturated heterocycles. The smallest absolute Gasteiger partial charge is 0.321 e. The lowest BCUT2D eigenvalue weighted by Crippen LogP contribution is -2.49. The molecule has 3 aromatic rings. The van der Waals surface area contributed by atoms with Gasteiger partial charge in [0, 0.05) is 53.5 Å². The minimum atomic E-state index is -0.0599. The highest BCUT2D eigenvalue weighted by Crippen LogP contribution is 2.33. The molecule has 0 saturated carbocycles. The summed E-state index contributed by atoms with van der Waals surface area (Å²) in [6, 6.07) is 9.69. The summed E-state index contributed by atoms with van der Waals surface area (Å²) in [5, 5.41) is 4.93. The van der Waals surface area contributed by atoms with Crippen molar-refractivity contribution in [1.29, 1.82) is 0 Å². The molecule has 0 aliphatic carbocycles. The molecular weight excluding hydrogens is 380 g/mol. The molecule has 27 heavy (non-hydrogen) atoms. The van der Waals surface area contributed by atoms with Crippen LogP contribution in [-0.4, -0.2) is 47.0 Å². The number of nitrogens with zero attached hydrogens (tertiary/aromatic N) is 3. The highest BCUT2D eigenvalue weighted by atomic mass is 35.5. The topological polar surface area (TPSA) is 48.5 Å². The molecule has 0 radical (unpaired) electrons. The highest BCUT2D eigenvalue weighted by Gasteiger charge is 2.22. The molecule has 4 rings (SSSR count). The third-order valence-electron chi connectivity index (χ3n) is 4.94. The Hall–Kier alpha value is -2.15. The monoisotopic (exact) mass is 400 g/mol. The Labute approximate surface area is 167 Å². The van der Waals surface area contributed by atoms with E-state index in [0.717, 1.165) is 43.4 Å². The number of halogens is 1. The predicted molar refractivity (Wildman–Crippen MR) is 112 cm³/mol. The van der Waals surface area contributed by atoms with Crippen LogP contribution in [0.2, 0.25) is 5.02 Å². The van der Waals surface area contributed by atoms with E-state index in [1.54, 1.807) is 12.4 Å². The van der Waals surface area contributed by atoms with Crippen LogP contribution in [0.3, 0.4) is 0 Å². The van der Waals surface area contributed by atoms with E-state index >= 15 is 0 Å². The molecule has 0 unspecified atom stereocenters. The van der Waals surface area contributed by atoms with Gasteiger partial charge in [0.2, 0.25) is 0 Å². The maximum Gasteiger partial charge on any atom is 0.321 e. The number of fused-ring (bicyclic) bond motifs is 1. The number of aryl methyl sites for hydroxylation is 1. The van der Waals surface area contributed by atoms with E-state index in [2.05, 4.69) is 28.2 Å². The summed E-state index contributed by atoms with van der Waals surface area (Å²) in [6.45, 7) is 6.27. The molecule has 2 amide bonds. The fourth-order valence-electron chi connectivity index (χ4n) is 3.35. The molecule has 1 aromatic carbocycles. The summed E-state index contributed by atoms with van der Waals surface area (Å²) in [4.78, 5) is 22.1. The summed E-state index contributed by atoms with van der Waals surface area (Å²) in [7, 11) is 0. The van der Waals surface area contributed by atoms with Gasteiger partial charge in [-0.25, -0.2) is 4.79 Å². The third-order valence-corrected chi connectivity index (χ3v) is 6.43. The third kappa shape index (κ3) is 4.08. The normalized spacial score (nSPS) is 15.3. The van der Waals surface area contributed by atoms with Gasteiger partial charge in [0.25, 0.3) is 0 Å². The number of rotatable bonds is 3. The van der Waals surface area contributed by atoms with E-state index in [9.17, 15) is 4.79 Å². The summed E-state index contributed by atoms with van der Waals surface area (Å²) in [5.41, 5.74) is 2.04. The van der Waals surface area contributed by atoms with Crippen molar-refractivity contribution in [3.05, 3.63) is 58.2 Å². The molecule has 140 valence electrons. The van der Waals surface area contributed by atoms with Crippen molar-refractivity contribution in [1.82, 2.24) is 14.8 Å². The van der Waals surface area contributed by atoms with Gasteiger partial charge >= 0.3 is 6.03 Å². The van der Waals surface area contributed by atoms with Crippen LogP contribution >= 0.6 is 22.9 Å². The number of benzene rings is 1. The van der Waals surface area contributed by atoms with Gasteiger partial charge in [0.1, 0.15) is 0 Å². The number of amides is 2.